The van der Waals surface area contributed by atoms with Gasteiger partial charge in [0, 0.05) is 20.5 Å². The number of nitrogens with zero attached hydrogens (tertiary/aromatic N) is 1. The fourth-order valence-corrected chi connectivity index (χ4v) is 2.34. The number of fused-ring (bicyclic) bond motifs is 1. The zero-order chi connectivity index (χ0) is 12.3. The maximum Gasteiger partial charge on any atom is 0.234 e. The summed E-state index contributed by atoms with van der Waals surface area (Å²) in [5.41, 5.74) is 7.01. The Morgan fingerprint density at radius 2 is 2.06 bits per heavy atom. The second-order valence-electron chi connectivity index (χ2n) is 4.89. The molecule has 0 spiro atoms. The normalized spacial score (nSPS) is 13.8. The molecule has 1 aliphatic rings. The van der Waals surface area contributed by atoms with Crippen LogP contribution >= 0.6 is 0 Å². The number of hydrogen-bond acceptors (Lipinski definition) is 2. The van der Waals surface area contributed by atoms with Crippen molar-refractivity contribution in [3.8, 4) is 0 Å². The number of hydrogen-bond donors (Lipinski definition) is 1. The van der Waals surface area contributed by atoms with Crippen molar-refractivity contribution in [1.82, 2.24) is 10.4 Å². The van der Waals surface area contributed by atoms with Crippen molar-refractivity contribution in [2.45, 2.75) is 32.1 Å². The number of nitrogens with one attached hydrogen (secondary N) is 1. The predicted molar refractivity (Wildman–Crippen MR) is 68.6 cm³/mol. The fourth-order valence-electron chi connectivity index (χ4n) is 2.34. The number of rotatable bonds is 4. The number of aryl methyl sites for hydroxylation is 3. The number of amides is 1. The van der Waals surface area contributed by atoms with E-state index in [9.17, 15) is 4.79 Å². The molecular formula is C14H20N2O. The molecule has 0 aliphatic heterocycles. The van der Waals surface area contributed by atoms with E-state index in [-0.39, 0.29) is 5.91 Å². The largest absolute Gasteiger partial charge is 0.289 e. The Bertz CT molecular complexity index is 413. The Kier molecular flexibility index (Phi) is 3.79. The van der Waals surface area contributed by atoms with Crippen LogP contribution in [0.4, 0.5) is 0 Å². The number of carbonyl (C=O) groups is 1. The highest BCUT2D eigenvalue weighted by molar-refractivity contribution is 5.75. The van der Waals surface area contributed by atoms with Crippen molar-refractivity contribution in [3.63, 3.8) is 0 Å². The first-order valence-corrected chi connectivity index (χ1v) is 6.22. The molecule has 0 fully saturated rings. The Labute approximate surface area is 103 Å². The van der Waals surface area contributed by atoms with Gasteiger partial charge in [-0.1, -0.05) is 18.2 Å². The summed E-state index contributed by atoms with van der Waals surface area (Å²) in [6, 6.07) is 6.65. The quantitative estimate of drug-likeness (QED) is 0.801. The van der Waals surface area contributed by atoms with Gasteiger partial charge in [-0.2, -0.15) is 0 Å². The van der Waals surface area contributed by atoms with Crippen molar-refractivity contribution >= 4 is 5.91 Å². The van der Waals surface area contributed by atoms with E-state index in [1.165, 1.54) is 36.0 Å². The number of hydrazine groups is 1. The lowest BCUT2D eigenvalue weighted by Gasteiger charge is -2.11. The molecule has 0 aromatic heterocycles. The Morgan fingerprint density at radius 3 is 2.82 bits per heavy atom. The zero-order valence-corrected chi connectivity index (χ0v) is 10.6. The van der Waals surface area contributed by atoms with E-state index in [1.807, 2.05) is 14.1 Å². The molecule has 0 saturated carbocycles. The average molecular weight is 232 g/mol. The number of benzene rings is 1. The van der Waals surface area contributed by atoms with E-state index < -0.39 is 0 Å². The summed E-state index contributed by atoms with van der Waals surface area (Å²) in [7, 11) is 3.65. The lowest BCUT2D eigenvalue weighted by Crippen LogP contribution is -2.36. The van der Waals surface area contributed by atoms with Crippen molar-refractivity contribution in [1.29, 1.82) is 0 Å². The minimum Gasteiger partial charge on any atom is -0.289 e. The molecule has 1 aromatic carbocycles. The van der Waals surface area contributed by atoms with E-state index in [2.05, 4.69) is 23.6 Å². The molecule has 0 radical (unpaired) electrons. The van der Waals surface area contributed by atoms with Crippen LogP contribution in [0.25, 0.3) is 0 Å². The summed E-state index contributed by atoms with van der Waals surface area (Å²) in [6.45, 7) is 0. The smallest absolute Gasteiger partial charge is 0.234 e. The molecule has 92 valence electrons. The van der Waals surface area contributed by atoms with Crippen LogP contribution in [0.3, 0.4) is 0 Å². The standard InChI is InChI=1S/C14H20N2O/c1-16(2)15-14(17)9-7-11-6-8-12-4-3-5-13(12)10-11/h6,8,10H,3-5,7,9H2,1-2H3,(H,15,17). The van der Waals surface area contributed by atoms with Gasteiger partial charge >= 0.3 is 0 Å². The minimum absolute atomic E-state index is 0.0792. The van der Waals surface area contributed by atoms with Crippen molar-refractivity contribution < 1.29 is 4.79 Å². The van der Waals surface area contributed by atoms with Gasteiger partial charge in [0.1, 0.15) is 0 Å². The number of carbonyl (C=O) groups excluding carboxylic acids is 1. The van der Waals surface area contributed by atoms with Crippen LogP contribution in [-0.2, 0) is 24.1 Å². The van der Waals surface area contributed by atoms with Crippen LogP contribution in [0.1, 0.15) is 29.5 Å². The Hall–Kier alpha value is -1.35. The van der Waals surface area contributed by atoms with Gasteiger partial charge < -0.3 is 0 Å². The second-order valence-corrected chi connectivity index (χ2v) is 4.89. The van der Waals surface area contributed by atoms with Crippen molar-refractivity contribution in [3.05, 3.63) is 34.9 Å². The van der Waals surface area contributed by atoms with Crippen LogP contribution in [-0.4, -0.2) is 25.0 Å². The van der Waals surface area contributed by atoms with Gasteiger partial charge in [0.2, 0.25) is 5.91 Å². The van der Waals surface area contributed by atoms with Crippen molar-refractivity contribution in [2.24, 2.45) is 0 Å². The van der Waals surface area contributed by atoms with Crippen LogP contribution in [0.15, 0.2) is 18.2 Å². The Morgan fingerprint density at radius 1 is 1.29 bits per heavy atom. The molecule has 1 N–H and O–H groups in total. The molecule has 0 bridgehead atoms. The minimum atomic E-state index is 0.0792. The predicted octanol–water partition coefficient (Wildman–Crippen LogP) is 1.70. The third kappa shape index (κ3) is 3.30. The summed E-state index contributed by atoms with van der Waals surface area (Å²) in [6.07, 6.45) is 5.08. The highest BCUT2D eigenvalue weighted by Gasteiger charge is 2.11. The lowest BCUT2D eigenvalue weighted by atomic mass is 10.0. The van der Waals surface area contributed by atoms with Crippen LogP contribution in [0.5, 0.6) is 0 Å². The molecule has 2 rings (SSSR count). The topological polar surface area (TPSA) is 32.3 Å². The summed E-state index contributed by atoms with van der Waals surface area (Å²) >= 11 is 0. The van der Waals surface area contributed by atoms with Gasteiger partial charge in [-0.25, -0.2) is 5.01 Å². The SMILES string of the molecule is CN(C)NC(=O)CCc1ccc2c(c1)CCC2. The molecule has 0 heterocycles. The molecular weight excluding hydrogens is 212 g/mol. The second kappa shape index (κ2) is 5.32. The molecule has 1 amide bonds. The lowest BCUT2D eigenvalue weighted by molar-refractivity contribution is -0.124. The first-order chi connectivity index (χ1) is 8.15. The van der Waals surface area contributed by atoms with Gasteiger partial charge in [0.15, 0.2) is 0 Å². The van der Waals surface area contributed by atoms with E-state index in [4.69, 9.17) is 0 Å². The van der Waals surface area contributed by atoms with Gasteiger partial charge in [-0.15, -0.1) is 0 Å². The molecule has 0 saturated heterocycles. The molecule has 3 heteroatoms. The van der Waals surface area contributed by atoms with E-state index in [0.717, 1.165) is 6.42 Å². The first-order valence-electron chi connectivity index (χ1n) is 6.22. The van der Waals surface area contributed by atoms with Crippen LogP contribution in [0, 0.1) is 0 Å². The Balaban J connectivity index is 1.89. The molecule has 3 nitrogen and oxygen atoms in total. The molecule has 1 aromatic rings. The van der Waals surface area contributed by atoms with Crippen LogP contribution < -0.4 is 5.43 Å². The average Bonchev–Trinajstić information content (AvgIpc) is 2.72. The van der Waals surface area contributed by atoms with Crippen molar-refractivity contribution in [2.75, 3.05) is 14.1 Å². The highest BCUT2D eigenvalue weighted by Crippen LogP contribution is 2.23. The summed E-state index contributed by atoms with van der Waals surface area (Å²) < 4.78 is 0. The van der Waals surface area contributed by atoms with E-state index >= 15 is 0 Å². The third-order valence-electron chi connectivity index (χ3n) is 3.15. The van der Waals surface area contributed by atoms with Gasteiger partial charge in [-0.3, -0.25) is 10.2 Å². The van der Waals surface area contributed by atoms with E-state index in [1.54, 1.807) is 5.01 Å². The van der Waals surface area contributed by atoms with Gasteiger partial charge in [0.25, 0.3) is 0 Å². The van der Waals surface area contributed by atoms with Gasteiger partial charge in [-0.05, 0) is 42.4 Å². The maximum atomic E-state index is 11.5. The van der Waals surface area contributed by atoms with Crippen LogP contribution in [0.2, 0.25) is 0 Å². The maximum absolute atomic E-state index is 11.5. The monoisotopic (exact) mass is 232 g/mol. The molecule has 0 unspecified atom stereocenters. The van der Waals surface area contributed by atoms with E-state index in [0.29, 0.717) is 6.42 Å². The summed E-state index contributed by atoms with van der Waals surface area (Å²) in [5, 5.41) is 1.69. The summed E-state index contributed by atoms with van der Waals surface area (Å²) in [5.74, 6) is 0.0792. The first kappa shape index (κ1) is 12.1. The molecule has 0 atom stereocenters. The summed E-state index contributed by atoms with van der Waals surface area (Å²) in [4.78, 5) is 11.5. The molecule has 17 heavy (non-hydrogen) atoms. The van der Waals surface area contributed by atoms with Gasteiger partial charge in [0.05, 0.1) is 0 Å². The fraction of sp³-hybridized carbons (Fsp3) is 0.500. The molecule has 1 aliphatic carbocycles. The highest BCUT2D eigenvalue weighted by atomic mass is 16.2. The zero-order valence-electron chi connectivity index (χ0n) is 10.6. The third-order valence-corrected chi connectivity index (χ3v) is 3.15.